The van der Waals surface area contributed by atoms with Crippen molar-refractivity contribution in [3.63, 3.8) is 0 Å². The first kappa shape index (κ1) is 48.9. The Morgan fingerprint density at radius 1 is 0.947 bits per heavy atom. The molecule has 16 heteroatoms. The van der Waals surface area contributed by atoms with Gasteiger partial charge in [-0.2, -0.15) is 0 Å². The van der Waals surface area contributed by atoms with Crippen LogP contribution in [0.3, 0.4) is 0 Å². The molecule has 0 aromatic heterocycles. The third kappa shape index (κ3) is 13.8. The second-order valence-corrected chi connectivity index (χ2v) is 16.1. The van der Waals surface area contributed by atoms with Crippen molar-refractivity contribution in [3.8, 4) is 0 Å². The molecule has 0 aromatic carbocycles. The Labute approximate surface area is 337 Å². The van der Waals surface area contributed by atoms with Crippen LogP contribution in [0.15, 0.2) is 24.3 Å². The van der Waals surface area contributed by atoms with E-state index in [4.69, 9.17) is 37.9 Å². The van der Waals surface area contributed by atoms with Gasteiger partial charge in [-0.3, -0.25) is 14.4 Å². The van der Waals surface area contributed by atoms with Gasteiger partial charge in [0.15, 0.2) is 18.7 Å². The lowest BCUT2D eigenvalue weighted by Gasteiger charge is -2.50. The fraction of sp³-hybridized carbons (Fsp3) is 0.829. The first-order valence-electron chi connectivity index (χ1n) is 20.3. The van der Waals surface area contributed by atoms with E-state index in [1.807, 2.05) is 13.0 Å². The summed E-state index contributed by atoms with van der Waals surface area (Å²) < 4.78 is 48.7. The zero-order valence-electron chi connectivity index (χ0n) is 35.4. The number of likely N-dealkylation sites (N-methyl/N-ethyl adjacent to an activating group) is 1. The van der Waals surface area contributed by atoms with Crippen LogP contribution in [0.2, 0.25) is 0 Å². The highest BCUT2D eigenvalue weighted by atomic mass is 16.7. The molecule has 0 bridgehead atoms. The Balaban J connectivity index is 2.01. The standard InChI is InChI=1S/C41H69NO15/c1-11-30(45)54-29-21-32(47)51-24(4)16-14-13-15-17-28(44)23(3)20-27(18-19-43)37(38(29)50-10)57-40-35(48)34(42(8)9)36(25(5)53-40)56-33-22-41(7,49)39(26(6)52-33)55-31(46)12-2/h13-15,17,23-29,33-40,43-44,48-49H,11-12,16,18-22H2,1-10H3/b14-13+,17-15+/t23-,24-,25+,26+,27+,28+,29-,33-,34-,35+,36-,37+,38+,39+,40+,41-/m1/s1. The van der Waals surface area contributed by atoms with Crippen molar-refractivity contribution >= 4 is 17.9 Å². The molecule has 57 heavy (non-hydrogen) atoms. The third-order valence-electron chi connectivity index (χ3n) is 11.0. The predicted octanol–water partition coefficient (Wildman–Crippen LogP) is 2.56. The summed E-state index contributed by atoms with van der Waals surface area (Å²) in [5.41, 5.74) is -1.48. The number of ether oxygens (including phenoxy) is 8. The molecule has 2 fully saturated rings. The average Bonchev–Trinajstić information content (AvgIpc) is 3.13. The monoisotopic (exact) mass is 815 g/mol. The molecule has 0 saturated carbocycles. The largest absolute Gasteiger partial charge is 0.462 e. The summed E-state index contributed by atoms with van der Waals surface area (Å²) in [6.07, 6.45) is -4.02. The van der Waals surface area contributed by atoms with Crippen molar-refractivity contribution in [2.75, 3.05) is 27.8 Å². The normalized spacial score (nSPS) is 41.2. The second kappa shape index (κ2) is 22.7. The average molecular weight is 816 g/mol. The fourth-order valence-corrected chi connectivity index (χ4v) is 7.91. The van der Waals surface area contributed by atoms with Gasteiger partial charge < -0.3 is 63.2 Å². The molecule has 16 nitrogen and oxygen atoms in total. The number of carbonyl (C=O) groups is 3. The molecular weight excluding hydrogens is 746 g/mol. The van der Waals surface area contributed by atoms with Crippen LogP contribution in [0.1, 0.15) is 93.4 Å². The smallest absolute Gasteiger partial charge is 0.309 e. The highest BCUT2D eigenvalue weighted by Gasteiger charge is 2.53. The van der Waals surface area contributed by atoms with Crippen LogP contribution >= 0.6 is 0 Å². The van der Waals surface area contributed by atoms with E-state index in [9.17, 15) is 34.8 Å². The molecule has 3 aliphatic rings. The Morgan fingerprint density at radius 3 is 2.21 bits per heavy atom. The van der Waals surface area contributed by atoms with Crippen molar-refractivity contribution in [3.05, 3.63) is 24.3 Å². The number of aliphatic hydroxyl groups excluding tert-OH is 3. The minimum absolute atomic E-state index is 0.0155. The van der Waals surface area contributed by atoms with Gasteiger partial charge in [0.2, 0.25) is 0 Å². The zero-order chi connectivity index (χ0) is 42.6. The number of allylic oxidation sites excluding steroid dienone is 2. The van der Waals surface area contributed by atoms with Crippen LogP contribution in [0.5, 0.6) is 0 Å². The van der Waals surface area contributed by atoms with E-state index in [0.29, 0.717) is 12.8 Å². The van der Waals surface area contributed by atoms with Gasteiger partial charge in [-0.1, -0.05) is 45.1 Å². The van der Waals surface area contributed by atoms with E-state index in [-0.39, 0.29) is 44.6 Å². The van der Waals surface area contributed by atoms with Crippen LogP contribution in [0.25, 0.3) is 0 Å². The number of rotatable bonds is 12. The van der Waals surface area contributed by atoms with Gasteiger partial charge in [0.05, 0.1) is 36.9 Å². The molecule has 0 radical (unpaired) electrons. The number of nitrogens with zero attached hydrogens (tertiary/aromatic N) is 1. The summed E-state index contributed by atoms with van der Waals surface area (Å²) in [4.78, 5) is 40.0. The molecule has 3 aliphatic heterocycles. The highest BCUT2D eigenvalue weighted by molar-refractivity contribution is 5.72. The van der Waals surface area contributed by atoms with Gasteiger partial charge in [0.1, 0.15) is 36.1 Å². The molecule has 16 atom stereocenters. The van der Waals surface area contributed by atoms with E-state index < -0.39 is 109 Å². The van der Waals surface area contributed by atoms with Gasteiger partial charge in [0, 0.05) is 39.4 Å². The molecule has 0 amide bonds. The summed E-state index contributed by atoms with van der Waals surface area (Å²) in [6, 6.07) is -0.758. The first-order valence-corrected chi connectivity index (χ1v) is 20.3. The Morgan fingerprint density at radius 2 is 1.61 bits per heavy atom. The molecule has 328 valence electrons. The maximum atomic E-state index is 13.3. The Bertz CT molecular complexity index is 1320. The summed E-state index contributed by atoms with van der Waals surface area (Å²) >= 11 is 0. The quantitative estimate of drug-likeness (QED) is 0.165. The summed E-state index contributed by atoms with van der Waals surface area (Å²) in [5.74, 6) is -2.61. The molecule has 0 aliphatic carbocycles. The number of carbonyl (C=O) groups excluding carboxylic acids is 3. The maximum Gasteiger partial charge on any atom is 0.309 e. The topological polar surface area (TPSA) is 209 Å². The second-order valence-electron chi connectivity index (χ2n) is 16.1. The van der Waals surface area contributed by atoms with Crippen LogP contribution in [0, 0.1) is 11.8 Å². The summed E-state index contributed by atoms with van der Waals surface area (Å²) in [7, 11) is 4.91. The lowest BCUT2D eigenvalue weighted by atomic mass is 9.82. The van der Waals surface area contributed by atoms with Crippen molar-refractivity contribution in [1.82, 2.24) is 4.90 Å². The SMILES string of the molecule is CCC(=O)O[C@@H]1CC(=O)O[C@H](C)C/C=C/C=C/[C@H](O)[C@H](C)C[C@H](CCO)[C@H](O[C@@H]2O[C@@H](C)[C@@H](O[C@@H]3C[C@@](C)(O)[C@@H](OC(=O)CC)[C@H](C)O3)[C@H](N(C)C)[C@@H]2O)[C@H]1OC. The van der Waals surface area contributed by atoms with Gasteiger partial charge in [-0.25, -0.2) is 0 Å². The lowest BCUT2D eigenvalue weighted by molar-refractivity contribution is -0.344. The Kier molecular flexibility index (Phi) is 19.5. The molecule has 3 rings (SSSR count). The van der Waals surface area contributed by atoms with Crippen molar-refractivity contribution in [2.24, 2.45) is 11.8 Å². The van der Waals surface area contributed by atoms with E-state index in [2.05, 4.69) is 0 Å². The number of hydrogen-bond acceptors (Lipinski definition) is 16. The van der Waals surface area contributed by atoms with E-state index >= 15 is 0 Å². The highest BCUT2D eigenvalue weighted by Crippen LogP contribution is 2.38. The minimum atomic E-state index is -1.48. The van der Waals surface area contributed by atoms with Crippen molar-refractivity contribution < 1.29 is 72.7 Å². The molecular formula is C41H69NO15. The van der Waals surface area contributed by atoms with Crippen LogP contribution in [0.4, 0.5) is 0 Å². The molecule has 0 spiro atoms. The van der Waals surface area contributed by atoms with Crippen molar-refractivity contribution in [1.29, 1.82) is 0 Å². The van der Waals surface area contributed by atoms with Gasteiger partial charge in [-0.15, -0.1) is 0 Å². The number of cyclic esters (lactones) is 1. The van der Waals surface area contributed by atoms with Crippen LogP contribution in [-0.2, 0) is 52.3 Å². The predicted molar refractivity (Wildman–Crippen MR) is 206 cm³/mol. The lowest BCUT2D eigenvalue weighted by Crippen LogP contribution is -2.66. The molecule has 0 aromatic rings. The minimum Gasteiger partial charge on any atom is -0.462 e. The molecule has 4 N–H and O–H groups in total. The van der Waals surface area contributed by atoms with Crippen molar-refractivity contribution in [2.45, 2.75) is 179 Å². The number of esters is 3. The van der Waals surface area contributed by atoms with E-state index in [1.54, 1.807) is 78.8 Å². The molecule has 2 saturated heterocycles. The third-order valence-corrected chi connectivity index (χ3v) is 11.0. The zero-order valence-corrected chi connectivity index (χ0v) is 35.4. The summed E-state index contributed by atoms with van der Waals surface area (Å²) in [6.45, 7) is 11.6. The van der Waals surface area contributed by atoms with Gasteiger partial charge in [0.25, 0.3) is 0 Å². The van der Waals surface area contributed by atoms with Gasteiger partial charge >= 0.3 is 17.9 Å². The number of methoxy groups -OCH3 is 1. The van der Waals surface area contributed by atoms with Crippen LogP contribution in [-0.4, -0.2) is 156 Å². The van der Waals surface area contributed by atoms with Crippen LogP contribution < -0.4 is 0 Å². The Hall–Kier alpha value is -2.51. The number of aliphatic hydroxyl groups is 4. The van der Waals surface area contributed by atoms with E-state index in [0.717, 1.165) is 0 Å². The number of hydrogen-bond donors (Lipinski definition) is 4. The first-order chi connectivity index (χ1) is 26.9. The van der Waals surface area contributed by atoms with E-state index in [1.165, 1.54) is 7.11 Å². The van der Waals surface area contributed by atoms with Gasteiger partial charge in [-0.05, 0) is 66.5 Å². The molecule has 3 heterocycles. The maximum absolute atomic E-state index is 13.3. The fourth-order valence-electron chi connectivity index (χ4n) is 7.91. The molecule has 0 unspecified atom stereocenters. The summed E-state index contributed by atoms with van der Waals surface area (Å²) in [5, 5.41) is 44.9.